The van der Waals surface area contributed by atoms with Gasteiger partial charge in [0.25, 0.3) is 0 Å². The number of benzene rings is 1. The summed E-state index contributed by atoms with van der Waals surface area (Å²) >= 11 is 0. The maximum Gasteiger partial charge on any atom is 0.126 e. The highest BCUT2D eigenvalue weighted by Crippen LogP contribution is 2.33. The second kappa shape index (κ2) is 4.83. The Morgan fingerprint density at radius 1 is 1.38 bits per heavy atom. The fourth-order valence-corrected chi connectivity index (χ4v) is 2.41. The van der Waals surface area contributed by atoms with E-state index in [1.54, 1.807) is 13.2 Å². The van der Waals surface area contributed by atoms with E-state index in [-0.39, 0.29) is 11.9 Å². The van der Waals surface area contributed by atoms with Crippen LogP contribution in [0.4, 0.5) is 4.39 Å². The fourth-order valence-electron chi connectivity index (χ4n) is 2.41. The molecule has 1 heterocycles. The van der Waals surface area contributed by atoms with Gasteiger partial charge in [0.1, 0.15) is 11.6 Å². The Balaban J connectivity index is 2.36. The summed E-state index contributed by atoms with van der Waals surface area (Å²) in [5.74, 6) is 0.640. The third kappa shape index (κ3) is 2.19. The minimum absolute atomic E-state index is 0.180. The van der Waals surface area contributed by atoms with E-state index in [1.165, 1.54) is 18.9 Å². The first-order valence-corrected chi connectivity index (χ1v) is 5.80. The van der Waals surface area contributed by atoms with Crippen LogP contribution in [0, 0.1) is 12.7 Å². The number of ether oxygens (including phenoxy) is 1. The standard InChI is InChI=1S/C13H18FNO/c1-9-7-10(14)8-11(13(9)16-2)12-5-3-4-6-15-12/h7-8,12,15H,3-6H2,1-2H3. The monoisotopic (exact) mass is 223 g/mol. The molecule has 1 saturated heterocycles. The van der Waals surface area contributed by atoms with E-state index in [0.717, 1.165) is 29.8 Å². The van der Waals surface area contributed by atoms with Crippen LogP contribution >= 0.6 is 0 Å². The molecule has 1 fully saturated rings. The molecule has 1 unspecified atom stereocenters. The molecule has 1 aromatic carbocycles. The van der Waals surface area contributed by atoms with Crippen LogP contribution < -0.4 is 10.1 Å². The van der Waals surface area contributed by atoms with E-state index < -0.39 is 0 Å². The number of hydrogen-bond donors (Lipinski definition) is 1. The first kappa shape index (κ1) is 11.4. The maximum absolute atomic E-state index is 13.4. The van der Waals surface area contributed by atoms with Gasteiger partial charge in [-0.25, -0.2) is 4.39 Å². The second-order valence-electron chi connectivity index (χ2n) is 4.35. The highest BCUT2D eigenvalue weighted by Gasteiger charge is 2.20. The van der Waals surface area contributed by atoms with Crippen molar-refractivity contribution in [3.05, 3.63) is 29.1 Å². The zero-order valence-electron chi connectivity index (χ0n) is 9.85. The predicted octanol–water partition coefficient (Wildman–Crippen LogP) is 2.96. The summed E-state index contributed by atoms with van der Waals surface area (Å²) in [5, 5.41) is 3.42. The number of nitrogens with one attached hydrogen (secondary N) is 1. The molecule has 2 nitrogen and oxygen atoms in total. The maximum atomic E-state index is 13.4. The van der Waals surface area contributed by atoms with Crippen LogP contribution in [0.15, 0.2) is 12.1 Å². The quantitative estimate of drug-likeness (QED) is 0.832. The molecule has 1 aromatic rings. The Hall–Kier alpha value is -1.09. The van der Waals surface area contributed by atoms with Crippen LogP contribution in [0.25, 0.3) is 0 Å². The minimum Gasteiger partial charge on any atom is -0.496 e. The van der Waals surface area contributed by atoms with Gasteiger partial charge < -0.3 is 10.1 Å². The Labute approximate surface area is 95.8 Å². The van der Waals surface area contributed by atoms with Crippen LogP contribution in [-0.4, -0.2) is 13.7 Å². The van der Waals surface area contributed by atoms with Crippen molar-refractivity contribution in [1.82, 2.24) is 5.32 Å². The Bertz CT molecular complexity index is 372. The lowest BCUT2D eigenvalue weighted by molar-refractivity contribution is 0.369. The molecule has 1 atom stereocenters. The lowest BCUT2D eigenvalue weighted by Crippen LogP contribution is -2.27. The van der Waals surface area contributed by atoms with Gasteiger partial charge in [-0.3, -0.25) is 0 Å². The van der Waals surface area contributed by atoms with Gasteiger partial charge in [-0.05, 0) is 44.0 Å². The molecule has 0 aliphatic carbocycles. The molecule has 0 amide bonds. The van der Waals surface area contributed by atoms with Gasteiger partial charge in [-0.2, -0.15) is 0 Å². The summed E-state index contributed by atoms with van der Waals surface area (Å²) in [6.07, 6.45) is 3.45. The van der Waals surface area contributed by atoms with E-state index in [4.69, 9.17) is 4.74 Å². The summed E-state index contributed by atoms with van der Waals surface area (Å²) in [6, 6.07) is 3.35. The Morgan fingerprint density at radius 2 is 2.19 bits per heavy atom. The van der Waals surface area contributed by atoms with Crippen LogP contribution in [0.5, 0.6) is 5.75 Å². The Morgan fingerprint density at radius 3 is 2.81 bits per heavy atom. The molecule has 0 spiro atoms. The first-order chi connectivity index (χ1) is 7.72. The molecule has 16 heavy (non-hydrogen) atoms. The SMILES string of the molecule is COc1c(C)cc(F)cc1C1CCCCN1. The van der Waals surface area contributed by atoms with Gasteiger partial charge in [0.05, 0.1) is 7.11 Å². The number of aryl methyl sites for hydroxylation is 1. The summed E-state index contributed by atoms with van der Waals surface area (Å²) in [5.41, 5.74) is 1.82. The van der Waals surface area contributed by atoms with Crippen molar-refractivity contribution in [3.8, 4) is 5.75 Å². The smallest absolute Gasteiger partial charge is 0.126 e. The van der Waals surface area contributed by atoms with E-state index in [9.17, 15) is 4.39 Å². The fraction of sp³-hybridized carbons (Fsp3) is 0.538. The Kier molecular flexibility index (Phi) is 3.44. The number of methoxy groups -OCH3 is 1. The van der Waals surface area contributed by atoms with Gasteiger partial charge in [0.2, 0.25) is 0 Å². The summed E-state index contributed by atoms with van der Waals surface area (Å²) in [7, 11) is 1.65. The minimum atomic E-state index is -0.180. The molecule has 0 radical (unpaired) electrons. The second-order valence-corrected chi connectivity index (χ2v) is 4.35. The normalized spacial score (nSPS) is 20.8. The molecule has 3 heteroatoms. The number of piperidine rings is 1. The largest absolute Gasteiger partial charge is 0.496 e. The van der Waals surface area contributed by atoms with Crippen LogP contribution in [0.1, 0.15) is 36.4 Å². The van der Waals surface area contributed by atoms with Crippen LogP contribution in [-0.2, 0) is 0 Å². The highest BCUT2D eigenvalue weighted by molar-refractivity contribution is 5.43. The summed E-state index contributed by atoms with van der Waals surface area (Å²) < 4.78 is 18.8. The van der Waals surface area contributed by atoms with Crippen molar-refractivity contribution in [2.45, 2.75) is 32.2 Å². The van der Waals surface area contributed by atoms with E-state index >= 15 is 0 Å². The number of halogens is 1. The third-order valence-electron chi connectivity index (χ3n) is 3.16. The molecule has 0 saturated carbocycles. The van der Waals surface area contributed by atoms with Crippen molar-refractivity contribution in [2.24, 2.45) is 0 Å². The molecule has 1 aliphatic heterocycles. The van der Waals surface area contributed by atoms with Crippen molar-refractivity contribution >= 4 is 0 Å². The molecule has 1 N–H and O–H groups in total. The summed E-state index contributed by atoms with van der Waals surface area (Å²) in [6.45, 7) is 2.89. The van der Waals surface area contributed by atoms with Gasteiger partial charge in [0, 0.05) is 11.6 Å². The van der Waals surface area contributed by atoms with Gasteiger partial charge in [0.15, 0.2) is 0 Å². The predicted molar refractivity (Wildman–Crippen MR) is 62.3 cm³/mol. The average Bonchev–Trinajstić information content (AvgIpc) is 2.29. The molecule has 2 rings (SSSR count). The molecule has 88 valence electrons. The van der Waals surface area contributed by atoms with Crippen molar-refractivity contribution < 1.29 is 9.13 Å². The number of rotatable bonds is 2. The first-order valence-electron chi connectivity index (χ1n) is 5.80. The van der Waals surface area contributed by atoms with E-state index in [0.29, 0.717) is 0 Å². The average molecular weight is 223 g/mol. The lowest BCUT2D eigenvalue weighted by Gasteiger charge is -2.26. The molecule has 0 aromatic heterocycles. The molecule has 0 bridgehead atoms. The molecular formula is C13H18FNO. The molecule has 1 aliphatic rings. The zero-order valence-corrected chi connectivity index (χ0v) is 9.85. The van der Waals surface area contributed by atoms with Crippen molar-refractivity contribution in [1.29, 1.82) is 0 Å². The van der Waals surface area contributed by atoms with Crippen LogP contribution in [0.2, 0.25) is 0 Å². The van der Waals surface area contributed by atoms with Crippen molar-refractivity contribution in [2.75, 3.05) is 13.7 Å². The highest BCUT2D eigenvalue weighted by atomic mass is 19.1. The summed E-state index contributed by atoms with van der Waals surface area (Å²) in [4.78, 5) is 0. The number of hydrogen-bond acceptors (Lipinski definition) is 2. The van der Waals surface area contributed by atoms with Crippen LogP contribution in [0.3, 0.4) is 0 Å². The van der Waals surface area contributed by atoms with E-state index in [2.05, 4.69) is 5.32 Å². The van der Waals surface area contributed by atoms with Gasteiger partial charge in [-0.15, -0.1) is 0 Å². The van der Waals surface area contributed by atoms with Gasteiger partial charge in [-0.1, -0.05) is 6.42 Å². The van der Waals surface area contributed by atoms with Gasteiger partial charge >= 0.3 is 0 Å². The third-order valence-corrected chi connectivity index (χ3v) is 3.16. The van der Waals surface area contributed by atoms with E-state index in [1.807, 2.05) is 6.92 Å². The van der Waals surface area contributed by atoms with Crippen molar-refractivity contribution in [3.63, 3.8) is 0 Å². The molecular weight excluding hydrogens is 205 g/mol. The zero-order chi connectivity index (χ0) is 11.5. The topological polar surface area (TPSA) is 21.3 Å². The lowest BCUT2D eigenvalue weighted by atomic mass is 9.95.